The summed E-state index contributed by atoms with van der Waals surface area (Å²) in [6.45, 7) is 1.65. The number of anilines is 1. The highest BCUT2D eigenvalue weighted by Crippen LogP contribution is 2.19. The zero-order valence-corrected chi connectivity index (χ0v) is 15.1. The molecule has 7 heteroatoms. The summed E-state index contributed by atoms with van der Waals surface area (Å²) in [6.07, 6.45) is 2.80. The van der Waals surface area contributed by atoms with E-state index in [1.165, 1.54) is 17.6 Å². The summed E-state index contributed by atoms with van der Waals surface area (Å²) in [5, 5.41) is 3.13. The molecular weight excluding hydrogens is 344 g/mol. The lowest BCUT2D eigenvalue weighted by atomic mass is 10.1. The molecule has 138 valence electrons. The molecule has 0 spiro atoms. The van der Waals surface area contributed by atoms with Crippen molar-refractivity contribution in [3.63, 3.8) is 0 Å². The molecule has 0 saturated carbocycles. The monoisotopic (exact) mass is 364 g/mol. The van der Waals surface area contributed by atoms with Crippen molar-refractivity contribution in [2.24, 2.45) is 7.05 Å². The van der Waals surface area contributed by atoms with E-state index >= 15 is 0 Å². The van der Waals surface area contributed by atoms with Crippen molar-refractivity contribution in [1.82, 2.24) is 14.5 Å². The predicted molar refractivity (Wildman–Crippen MR) is 102 cm³/mol. The van der Waals surface area contributed by atoms with E-state index in [1.54, 1.807) is 31.6 Å². The molecule has 0 amide bonds. The molecule has 1 unspecified atom stereocenters. The highest BCUT2D eigenvalue weighted by molar-refractivity contribution is 5.66. The fourth-order valence-corrected chi connectivity index (χ4v) is 2.65. The standard InChI is InChI=1S/C20H20N4O3/c1-14(25)27-18(16-6-4-3-5-7-16)13-22-20-23-17(12-19(26)24(20)2)15-8-10-21-11-9-15/h3-12,18H,13H2,1-2H3,(H,22,23). The average Bonchev–Trinajstić information content (AvgIpc) is 2.69. The van der Waals surface area contributed by atoms with Crippen molar-refractivity contribution >= 4 is 11.9 Å². The summed E-state index contributed by atoms with van der Waals surface area (Å²) in [5.41, 5.74) is 2.01. The maximum Gasteiger partial charge on any atom is 0.303 e. The van der Waals surface area contributed by atoms with E-state index < -0.39 is 6.10 Å². The van der Waals surface area contributed by atoms with Crippen LogP contribution in [0, 0.1) is 0 Å². The minimum Gasteiger partial charge on any atom is -0.456 e. The minimum absolute atomic E-state index is 0.192. The van der Waals surface area contributed by atoms with Gasteiger partial charge in [0.2, 0.25) is 5.95 Å². The summed E-state index contributed by atoms with van der Waals surface area (Å²) in [6, 6.07) is 14.5. The van der Waals surface area contributed by atoms with Crippen molar-refractivity contribution in [3.8, 4) is 11.3 Å². The maximum absolute atomic E-state index is 12.3. The molecule has 1 N–H and O–H groups in total. The lowest BCUT2D eigenvalue weighted by Gasteiger charge is -2.19. The van der Waals surface area contributed by atoms with E-state index in [1.807, 2.05) is 30.3 Å². The molecule has 0 saturated heterocycles. The summed E-state index contributed by atoms with van der Waals surface area (Å²) < 4.78 is 6.84. The van der Waals surface area contributed by atoms with Crippen LogP contribution >= 0.6 is 0 Å². The van der Waals surface area contributed by atoms with Crippen LogP contribution in [0.1, 0.15) is 18.6 Å². The van der Waals surface area contributed by atoms with Gasteiger partial charge in [0.05, 0.1) is 12.2 Å². The Kier molecular flexibility index (Phi) is 5.61. The van der Waals surface area contributed by atoms with Gasteiger partial charge in [0, 0.05) is 38.0 Å². The Morgan fingerprint density at radius 2 is 1.89 bits per heavy atom. The highest BCUT2D eigenvalue weighted by atomic mass is 16.5. The second kappa shape index (κ2) is 8.27. The van der Waals surface area contributed by atoms with Crippen LogP contribution in [0.25, 0.3) is 11.3 Å². The number of ether oxygens (including phenoxy) is 1. The smallest absolute Gasteiger partial charge is 0.303 e. The van der Waals surface area contributed by atoms with E-state index in [2.05, 4.69) is 15.3 Å². The summed E-state index contributed by atoms with van der Waals surface area (Å²) >= 11 is 0. The third-order valence-electron chi connectivity index (χ3n) is 4.04. The Balaban J connectivity index is 1.86. The van der Waals surface area contributed by atoms with Gasteiger partial charge in [-0.15, -0.1) is 0 Å². The number of nitrogens with zero attached hydrogens (tertiary/aromatic N) is 3. The van der Waals surface area contributed by atoms with E-state index in [0.29, 0.717) is 11.6 Å². The van der Waals surface area contributed by atoms with Gasteiger partial charge in [-0.1, -0.05) is 30.3 Å². The van der Waals surface area contributed by atoms with E-state index in [0.717, 1.165) is 11.1 Å². The van der Waals surface area contributed by atoms with Gasteiger partial charge in [-0.3, -0.25) is 19.1 Å². The molecule has 0 aliphatic heterocycles. The van der Waals surface area contributed by atoms with Crippen LogP contribution in [0.2, 0.25) is 0 Å². The molecule has 1 aromatic carbocycles. The molecule has 2 heterocycles. The van der Waals surface area contributed by atoms with Crippen molar-refractivity contribution in [3.05, 3.63) is 76.8 Å². The predicted octanol–water partition coefficient (Wildman–Crippen LogP) is 2.56. The van der Waals surface area contributed by atoms with E-state index in [9.17, 15) is 9.59 Å². The Hall–Kier alpha value is -3.48. The van der Waals surface area contributed by atoms with Crippen LogP contribution < -0.4 is 10.9 Å². The second-order valence-electron chi connectivity index (χ2n) is 5.99. The zero-order chi connectivity index (χ0) is 19.2. The van der Waals surface area contributed by atoms with Gasteiger partial charge in [-0.25, -0.2) is 4.98 Å². The van der Waals surface area contributed by atoms with Crippen LogP contribution in [0.4, 0.5) is 5.95 Å². The van der Waals surface area contributed by atoms with E-state index in [-0.39, 0.29) is 18.1 Å². The fourth-order valence-electron chi connectivity index (χ4n) is 2.65. The molecule has 2 aromatic heterocycles. The first-order valence-electron chi connectivity index (χ1n) is 8.49. The number of hydrogen-bond donors (Lipinski definition) is 1. The Morgan fingerprint density at radius 1 is 1.19 bits per heavy atom. The minimum atomic E-state index is -0.495. The molecule has 3 rings (SSSR count). The number of pyridine rings is 1. The Labute approximate surface area is 156 Å². The molecule has 0 aliphatic rings. The number of esters is 1. The molecule has 3 aromatic rings. The van der Waals surface area contributed by atoms with Crippen molar-refractivity contribution in [2.45, 2.75) is 13.0 Å². The molecule has 0 fully saturated rings. The molecule has 27 heavy (non-hydrogen) atoms. The van der Waals surface area contributed by atoms with Crippen LogP contribution in [0.5, 0.6) is 0 Å². The van der Waals surface area contributed by atoms with Crippen molar-refractivity contribution < 1.29 is 9.53 Å². The number of aromatic nitrogens is 3. The van der Waals surface area contributed by atoms with Gasteiger partial charge in [-0.05, 0) is 17.7 Å². The summed E-state index contributed by atoms with van der Waals surface area (Å²) in [7, 11) is 1.64. The maximum atomic E-state index is 12.3. The van der Waals surface area contributed by atoms with Gasteiger partial charge in [0.1, 0.15) is 6.10 Å². The first kappa shape index (κ1) is 18.3. The summed E-state index contributed by atoms with van der Waals surface area (Å²) in [4.78, 5) is 32.3. The van der Waals surface area contributed by atoms with Crippen LogP contribution in [-0.2, 0) is 16.6 Å². The van der Waals surface area contributed by atoms with Gasteiger partial charge < -0.3 is 10.1 Å². The largest absolute Gasteiger partial charge is 0.456 e. The molecule has 0 aliphatic carbocycles. The average molecular weight is 364 g/mol. The lowest BCUT2D eigenvalue weighted by molar-refractivity contribution is -0.146. The van der Waals surface area contributed by atoms with Crippen LogP contribution in [0.15, 0.2) is 65.7 Å². The number of carbonyl (C=O) groups is 1. The van der Waals surface area contributed by atoms with Gasteiger partial charge in [-0.2, -0.15) is 0 Å². The number of nitrogens with one attached hydrogen (secondary N) is 1. The normalized spacial score (nSPS) is 11.6. The SMILES string of the molecule is CC(=O)OC(CNc1nc(-c2ccncc2)cc(=O)n1C)c1ccccc1. The number of rotatable bonds is 6. The summed E-state index contributed by atoms with van der Waals surface area (Å²) in [5.74, 6) is 0.0143. The molecule has 0 bridgehead atoms. The molecular formula is C20H20N4O3. The van der Waals surface area contributed by atoms with Crippen molar-refractivity contribution in [1.29, 1.82) is 0 Å². The Bertz CT molecular complexity index is 972. The Morgan fingerprint density at radius 3 is 2.56 bits per heavy atom. The van der Waals surface area contributed by atoms with Gasteiger partial charge in [0.15, 0.2) is 0 Å². The molecule has 0 radical (unpaired) electrons. The third kappa shape index (κ3) is 4.58. The van der Waals surface area contributed by atoms with Gasteiger partial charge >= 0.3 is 5.97 Å². The van der Waals surface area contributed by atoms with Crippen LogP contribution in [-0.4, -0.2) is 27.0 Å². The lowest BCUT2D eigenvalue weighted by Crippen LogP contribution is -2.25. The van der Waals surface area contributed by atoms with E-state index in [4.69, 9.17) is 4.74 Å². The topological polar surface area (TPSA) is 86.1 Å². The molecule has 1 atom stereocenters. The quantitative estimate of drug-likeness (QED) is 0.677. The first-order valence-corrected chi connectivity index (χ1v) is 8.49. The molecule has 7 nitrogen and oxygen atoms in total. The van der Waals surface area contributed by atoms with Crippen molar-refractivity contribution in [2.75, 3.05) is 11.9 Å². The fraction of sp³-hybridized carbons (Fsp3) is 0.200. The zero-order valence-electron chi connectivity index (χ0n) is 15.1. The first-order chi connectivity index (χ1) is 13.0. The highest BCUT2D eigenvalue weighted by Gasteiger charge is 2.16. The number of benzene rings is 1. The number of hydrogen-bond acceptors (Lipinski definition) is 6. The second-order valence-corrected chi connectivity index (χ2v) is 5.99. The van der Waals surface area contributed by atoms with Gasteiger partial charge in [0.25, 0.3) is 5.56 Å². The number of carbonyl (C=O) groups excluding carboxylic acids is 1. The van der Waals surface area contributed by atoms with Crippen LogP contribution in [0.3, 0.4) is 0 Å². The third-order valence-corrected chi connectivity index (χ3v) is 4.04.